The molecule has 3 rings (SSSR count). The Labute approximate surface area is 131 Å². The van der Waals surface area contributed by atoms with Crippen molar-refractivity contribution in [3.63, 3.8) is 0 Å². The molecule has 0 aromatic carbocycles. The molecular weight excluding hydrogens is 334 g/mol. The number of sulfonamides is 1. The predicted molar refractivity (Wildman–Crippen MR) is 80.1 cm³/mol. The Bertz CT molecular complexity index is 697. The third kappa shape index (κ3) is 3.00. The zero-order valence-corrected chi connectivity index (χ0v) is 13.3. The van der Waals surface area contributed by atoms with Crippen LogP contribution in [0.1, 0.15) is 0 Å². The van der Waals surface area contributed by atoms with Crippen molar-refractivity contribution in [2.75, 3.05) is 31.1 Å². The van der Waals surface area contributed by atoms with E-state index in [2.05, 4.69) is 19.9 Å². The fourth-order valence-corrected chi connectivity index (χ4v) is 4.18. The van der Waals surface area contributed by atoms with E-state index in [0.717, 1.165) is 5.13 Å². The van der Waals surface area contributed by atoms with Crippen LogP contribution in [0.5, 0.6) is 0 Å². The minimum atomic E-state index is -3.57. The Kier molecular flexibility index (Phi) is 4.07. The minimum Gasteiger partial charge on any atom is -0.345 e. The molecule has 2 aromatic rings. The van der Waals surface area contributed by atoms with Gasteiger partial charge in [-0.05, 0) is 11.6 Å². The van der Waals surface area contributed by atoms with Gasteiger partial charge >= 0.3 is 0 Å². The van der Waals surface area contributed by atoms with Gasteiger partial charge in [-0.25, -0.2) is 23.4 Å². The quantitative estimate of drug-likeness (QED) is 0.775. The molecule has 1 saturated heterocycles. The molecule has 0 bridgehead atoms. The number of nitrogens with zero attached hydrogens (tertiary/aromatic N) is 5. The topological polar surface area (TPSA) is 79.3 Å². The third-order valence-electron chi connectivity index (χ3n) is 3.16. The first-order chi connectivity index (χ1) is 10.1. The zero-order chi connectivity index (χ0) is 14.9. The van der Waals surface area contributed by atoms with Crippen molar-refractivity contribution in [1.29, 1.82) is 0 Å². The molecule has 0 atom stereocenters. The van der Waals surface area contributed by atoms with E-state index >= 15 is 0 Å². The second-order valence-corrected chi connectivity index (χ2v) is 7.54. The second-order valence-electron chi connectivity index (χ2n) is 4.39. The second kappa shape index (κ2) is 5.84. The van der Waals surface area contributed by atoms with Crippen LogP contribution >= 0.6 is 22.9 Å². The fraction of sp³-hybridized carbons (Fsp3) is 0.364. The smallest absolute Gasteiger partial charge is 0.246 e. The molecule has 0 saturated carbocycles. The Hall–Kier alpha value is -1.29. The standard InChI is InChI=1S/C11H12ClN5O2S2/c12-10-14-7-9(8-15-10)21(18,19)17-4-2-16(3-5-17)11-13-1-6-20-11/h1,6-8H,2-5H2. The molecule has 1 aliphatic heterocycles. The van der Waals surface area contributed by atoms with Gasteiger partial charge in [0, 0.05) is 37.8 Å². The van der Waals surface area contributed by atoms with Crippen molar-refractivity contribution < 1.29 is 8.42 Å². The predicted octanol–water partition coefficient (Wildman–Crippen LogP) is 1.10. The van der Waals surface area contributed by atoms with Gasteiger partial charge in [0.15, 0.2) is 5.13 Å². The highest BCUT2D eigenvalue weighted by Gasteiger charge is 2.29. The summed E-state index contributed by atoms with van der Waals surface area (Å²) >= 11 is 7.13. The van der Waals surface area contributed by atoms with Gasteiger partial charge in [-0.1, -0.05) is 0 Å². The maximum Gasteiger partial charge on any atom is 0.246 e. The van der Waals surface area contributed by atoms with Crippen LogP contribution in [0.4, 0.5) is 5.13 Å². The number of hydrogen-bond donors (Lipinski definition) is 0. The molecule has 112 valence electrons. The van der Waals surface area contributed by atoms with Gasteiger partial charge in [0.2, 0.25) is 15.3 Å². The van der Waals surface area contributed by atoms with Crippen molar-refractivity contribution in [3.8, 4) is 0 Å². The maximum absolute atomic E-state index is 12.5. The SMILES string of the molecule is O=S(=O)(c1cnc(Cl)nc1)N1CCN(c2nccs2)CC1. The van der Waals surface area contributed by atoms with Crippen LogP contribution in [0.25, 0.3) is 0 Å². The fourth-order valence-electron chi connectivity index (χ4n) is 2.07. The van der Waals surface area contributed by atoms with Crippen molar-refractivity contribution in [2.24, 2.45) is 0 Å². The maximum atomic E-state index is 12.5. The number of anilines is 1. The molecule has 21 heavy (non-hydrogen) atoms. The summed E-state index contributed by atoms with van der Waals surface area (Å²) in [5.41, 5.74) is 0. The number of rotatable bonds is 3. The lowest BCUT2D eigenvalue weighted by Crippen LogP contribution is -2.48. The Balaban J connectivity index is 1.72. The van der Waals surface area contributed by atoms with Crippen molar-refractivity contribution in [1.82, 2.24) is 19.3 Å². The van der Waals surface area contributed by atoms with E-state index in [0.29, 0.717) is 26.2 Å². The van der Waals surface area contributed by atoms with Gasteiger partial charge in [-0.3, -0.25) is 0 Å². The first-order valence-corrected chi connectivity index (χ1v) is 8.89. The summed E-state index contributed by atoms with van der Waals surface area (Å²) in [5.74, 6) is 0. The monoisotopic (exact) mass is 345 g/mol. The average molecular weight is 346 g/mol. The van der Waals surface area contributed by atoms with E-state index in [4.69, 9.17) is 11.6 Å². The molecule has 10 heteroatoms. The van der Waals surface area contributed by atoms with Gasteiger partial charge in [-0.2, -0.15) is 4.31 Å². The molecule has 2 aromatic heterocycles. The Morgan fingerprint density at radius 1 is 1.10 bits per heavy atom. The summed E-state index contributed by atoms with van der Waals surface area (Å²) in [4.78, 5) is 13.8. The van der Waals surface area contributed by atoms with Gasteiger partial charge < -0.3 is 4.90 Å². The van der Waals surface area contributed by atoms with Crippen molar-refractivity contribution >= 4 is 38.1 Å². The minimum absolute atomic E-state index is 0.0301. The van der Waals surface area contributed by atoms with Crippen molar-refractivity contribution in [2.45, 2.75) is 4.90 Å². The molecule has 0 unspecified atom stereocenters. The number of hydrogen-bond acceptors (Lipinski definition) is 7. The molecule has 0 amide bonds. The summed E-state index contributed by atoms with van der Waals surface area (Å²) in [7, 11) is -3.57. The Morgan fingerprint density at radius 3 is 2.33 bits per heavy atom. The molecule has 7 nitrogen and oxygen atoms in total. The van der Waals surface area contributed by atoms with Crippen LogP contribution in [0, 0.1) is 0 Å². The van der Waals surface area contributed by atoms with E-state index in [-0.39, 0.29) is 10.2 Å². The molecule has 1 fully saturated rings. The molecule has 0 aliphatic carbocycles. The average Bonchev–Trinajstić information content (AvgIpc) is 3.02. The highest BCUT2D eigenvalue weighted by atomic mass is 35.5. The molecule has 1 aliphatic rings. The van der Waals surface area contributed by atoms with Crippen LogP contribution < -0.4 is 4.90 Å². The first kappa shape index (κ1) is 14.6. The summed E-state index contributed by atoms with van der Waals surface area (Å²) in [6.45, 7) is 2.04. The van der Waals surface area contributed by atoms with Crippen LogP contribution in [0.15, 0.2) is 28.9 Å². The van der Waals surface area contributed by atoms with E-state index in [1.807, 2.05) is 5.38 Å². The molecule has 3 heterocycles. The lowest BCUT2D eigenvalue weighted by atomic mass is 10.4. The van der Waals surface area contributed by atoms with Crippen molar-refractivity contribution in [3.05, 3.63) is 29.3 Å². The molecule has 0 radical (unpaired) electrons. The van der Waals surface area contributed by atoms with Gasteiger partial charge in [-0.15, -0.1) is 11.3 Å². The summed E-state index contributed by atoms with van der Waals surface area (Å²) < 4.78 is 26.4. The molecule has 0 N–H and O–H groups in total. The summed E-state index contributed by atoms with van der Waals surface area (Å²) in [5, 5.41) is 2.85. The van der Waals surface area contributed by atoms with Gasteiger partial charge in [0.1, 0.15) is 4.90 Å². The van der Waals surface area contributed by atoms with Gasteiger partial charge in [0.05, 0.1) is 12.4 Å². The third-order valence-corrected chi connectivity index (χ3v) is 6.04. The van der Waals surface area contributed by atoms with E-state index in [1.54, 1.807) is 17.5 Å². The highest BCUT2D eigenvalue weighted by Crippen LogP contribution is 2.22. The number of halogens is 1. The van der Waals surface area contributed by atoms with E-state index in [1.165, 1.54) is 16.7 Å². The normalized spacial score (nSPS) is 17.1. The summed E-state index contributed by atoms with van der Waals surface area (Å²) in [6.07, 6.45) is 4.21. The molecule has 0 spiro atoms. The van der Waals surface area contributed by atoms with Crippen LogP contribution in [-0.2, 0) is 10.0 Å². The van der Waals surface area contributed by atoms with E-state index < -0.39 is 10.0 Å². The lowest BCUT2D eigenvalue weighted by molar-refractivity contribution is 0.384. The number of aromatic nitrogens is 3. The van der Waals surface area contributed by atoms with Crippen LogP contribution in [0.3, 0.4) is 0 Å². The van der Waals surface area contributed by atoms with E-state index in [9.17, 15) is 8.42 Å². The number of thiazole rings is 1. The molecular formula is C11H12ClN5O2S2. The van der Waals surface area contributed by atoms with Gasteiger partial charge in [0.25, 0.3) is 0 Å². The Morgan fingerprint density at radius 2 is 1.76 bits per heavy atom. The first-order valence-electron chi connectivity index (χ1n) is 6.19. The lowest BCUT2D eigenvalue weighted by Gasteiger charge is -2.33. The largest absolute Gasteiger partial charge is 0.345 e. The van der Waals surface area contributed by atoms with Crippen LogP contribution in [-0.4, -0.2) is 53.9 Å². The zero-order valence-electron chi connectivity index (χ0n) is 10.9. The number of piperazine rings is 1. The van der Waals surface area contributed by atoms with Crippen LogP contribution in [0.2, 0.25) is 5.28 Å². The summed E-state index contributed by atoms with van der Waals surface area (Å²) in [6, 6.07) is 0. The highest BCUT2D eigenvalue weighted by molar-refractivity contribution is 7.89.